The lowest BCUT2D eigenvalue weighted by molar-refractivity contribution is 0.100. The third-order valence-electron chi connectivity index (χ3n) is 6.94. The molecule has 2 aromatic rings. The Morgan fingerprint density at radius 3 is 2.65 bits per heavy atom. The zero-order valence-electron chi connectivity index (χ0n) is 19.0. The molecule has 1 aromatic heterocycles. The molecular formula is C23H31N7O3S. The zero-order chi connectivity index (χ0) is 23.9. The van der Waals surface area contributed by atoms with Crippen LogP contribution in [0.4, 0.5) is 17.5 Å². The second-order valence-corrected chi connectivity index (χ2v) is 11.7. The molecule has 2 atom stereocenters. The molecule has 2 saturated carbocycles. The van der Waals surface area contributed by atoms with E-state index in [9.17, 15) is 13.2 Å². The predicted octanol–water partition coefficient (Wildman–Crippen LogP) is 1.85. The Kier molecular flexibility index (Phi) is 6.17. The Morgan fingerprint density at radius 1 is 1.12 bits per heavy atom. The van der Waals surface area contributed by atoms with E-state index in [0.29, 0.717) is 37.0 Å². The summed E-state index contributed by atoms with van der Waals surface area (Å²) in [4.78, 5) is 20.8. The number of rotatable bonds is 7. The number of nitrogens with zero attached hydrogens (tertiary/aromatic N) is 3. The summed E-state index contributed by atoms with van der Waals surface area (Å²) in [6.07, 6.45) is 7.69. The monoisotopic (exact) mass is 485 g/mol. The zero-order valence-corrected chi connectivity index (χ0v) is 19.9. The van der Waals surface area contributed by atoms with Gasteiger partial charge in [-0.15, -0.1) is 0 Å². The van der Waals surface area contributed by atoms with Crippen molar-refractivity contribution in [2.45, 2.75) is 68.8 Å². The predicted molar refractivity (Wildman–Crippen MR) is 130 cm³/mol. The highest BCUT2D eigenvalue weighted by Gasteiger charge is 2.41. The average Bonchev–Trinajstić information content (AvgIpc) is 3.66. The van der Waals surface area contributed by atoms with Crippen molar-refractivity contribution in [3.05, 3.63) is 41.1 Å². The first-order valence-electron chi connectivity index (χ1n) is 11.9. The van der Waals surface area contributed by atoms with E-state index in [1.807, 2.05) is 18.2 Å². The first-order valence-corrected chi connectivity index (χ1v) is 13.4. The van der Waals surface area contributed by atoms with E-state index in [0.717, 1.165) is 49.7 Å². The highest BCUT2D eigenvalue weighted by molar-refractivity contribution is 7.90. The van der Waals surface area contributed by atoms with E-state index in [1.165, 1.54) is 6.20 Å². The van der Waals surface area contributed by atoms with E-state index >= 15 is 0 Å². The maximum absolute atomic E-state index is 12.7. The Bertz CT molecular complexity index is 1200. The maximum Gasteiger partial charge on any atom is 0.254 e. The van der Waals surface area contributed by atoms with Gasteiger partial charge in [-0.3, -0.25) is 4.79 Å². The molecule has 3 aliphatic rings. The molecule has 11 heteroatoms. The molecule has 2 fully saturated rings. The number of carbonyl (C=O) groups excluding carboxylic acids is 1. The minimum Gasteiger partial charge on any atom is -0.365 e. The van der Waals surface area contributed by atoms with Crippen molar-refractivity contribution in [3.63, 3.8) is 0 Å². The standard InChI is InChI=1S/C23H31N7O3S/c24-19-3-1-2-4-20(19)28-23-26-12-18(21(25)31)22(29-23)27-16-6-5-14-9-10-30(13-15(14)11-16)34(32,33)17-7-8-17/h5-6,11-12,17,19-20H,1-4,7-10,13,24H2,(H2,25,31)(H2,26,27,28,29). The summed E-state index contributed by atoms with van der Waals surface area (Å²) in [6, 6.07) is 5.91. The number of fused-ring (bicyclic) bond motifs is 1. The third kappa shape index (κ3) is 4.73. The summed E-state index contributed by atoms with van der Waals surface area (Å²) in [5.74, 6) is 0.0465. The van der Waals surface area contributed by atoms with Gasteiger partial charge in [0.05, 0.1) is 5.25 Å². The average molecular weight is 486 g/mol. The number of carbonyl (C=O) groups is 1. The molecule has 6 N–H and O–H groups in total. The Morgan fingerprint density at radius 2 is 1.91 bits per heavy atom. The van der Waals surface area contributed by atoms with Crippen LogP contribution in [0.25, 0.3) is 0 Å². The Hall–Kier alpha value is -2.76. The van der Waals surface area contributed by atoms with Crippen LogP contribution < -0.4 is 22.1 Å². The quantitative estimate of drug-likeness (QED) is 0.463. The van der Waals surface area contributed by atoms with Crippen molar-refractivity contribution in [2.75, 3.05) is 17.2 Å². The van der Waals surface area contributed by atoms with Crippen LogP contribution in [0.15, 0.2) is 24.4 Å². The number of primary amides is 1. The van der Waals surface area contributed by atoms with Crippen molar-refractivity contribution in [3.8, 4) is 0 Å². The van der Waals surface area contributed by atoms with Gasteiger partial charge in [-0.05, 0) is 55.4 Å². The molecule has 5 rings (SSSR count). The summed E-state index contributed by atoms with van der Waals surface area (Å²) in [5, 5.41) is 6.27. The fourth-order valence-corrected chi connectivity index (χ4v) is 6.59. The van der Waals surface area contributed by atoms with Gasteiger partial charge in [0, 0.05) is 37.1 Å². The van der Waals surface area contributed by atoms with Crippen LogP contribution in [0.3, 0.4) is 0 Å². The SMILES string of the molecule is NC(=O)c1cnc(NC2CCCCC2N)nc1Nc1ccc2c(c1)CN(S(=O)(=O)C1CC1)CC2. The fourth-order valence-electron chi connectivity index (χ4n) is 4.77. The van der Waals surface area contributed by atoms with Crippen LogP contribution >= 0.6 is 0 Å². The molecule has 1 aromatic carbocycles. The van der Waals surface area contributed by atoms with Gasteiger partial charge in [0.1, 0.15) is 11.4 Å². The molecule has 0 spiro atoms. The number of amides is 1. The lowest BCUT2D eigenvalue weighted by Gasteiger charge is -2.29. The highest BCUT2D eigenvalue weighted by Crippen LogP contribution is 2.34. The van der Waals surface area contributed by atoms with Gasteiger partial charge < -0.3 is 22.1 Å². The molecule has 1 amide bonds. The number of nitrogens with two attached hydrogens (primary N) is 2. The van der Waals surface area contributed by atoms with E-state index in [4.69, 9.17) is 11.5 Å². The summed E-state index contributed by atoms with van der Waals surface area (Å²) in [7, 11) is -3.23. The van der Waals surface area contributed by atoms with Gasteiger partial charge in [-0.1, -0.05) is 18.9 Å². The van der Waals surface area contributed by atoms with E-state index < -0.39 is 15.9 Å². The molecule has 0 radical (unpaired) electrons. The molecule has 10 nitrogen and oxygen atoms in total. The molecule has 0 bridgehead atoms. The first-order chi connectivity index (χ1) is 16.3. The Balaban J connectivity index is 1.37. The van der Waals surface area contributed by atoms with E-state index in [1.54, 1.807) is 4.31 Å². The fraction of sp³-hybridized carbons (Fsp3) is 0.522. The van der Waals surface area contributed by atoms with Crippen LogP contribution in [0.2, 0.25) is 0 Å². The second-order valence-electron chi connectivity index (χ2n) is 9.46. The normalized spacial score (nSPS) is 23.2. The van der Waals surface area contributed by atoms with Crippen LogP contribution in [-0.4, -0.2) is 52.5 Å². The molecule has 2 aliphatic carbocycles. The van der Waals surface area contributed by atoms with E-state index in [-0.39, 0.29) is 22.9 Å². The lowest BCUT2D eigenvalue weighted by atomic mass is 9.91. The topological polar surface area (TPSA) is 156 Å². The van der Waals surface area contributed by atoms with Gasteiger partial charge in [0.25, 0.3) is 5.91 Å². The summed E-state index contributed by atoms with van der Waals surface area (Å²) < 4.78 is 27.0. The molecule has 34 heavy (non-hydrogen) atoms. The van der Waals surface area contributed by atoms with Crippen LogP contribution in [0, 0.1) is 0 Å². The largest absolute Gasteiger partial charge is 0.365 e. The van der Waals surface area contributed by atoms with Gasteiger partial charge in [0.15, 0.2) is 0 Å². The van der Waals surface area contributed by atoms with Crippen molar-refractivity contribution < 1.29 is 13.2 Å². The van der Waals surface area contributed by atoms with Gasteiger partial charge >= 0.3 is 0 Å². The smallest absolute Gasteiger partial charge is 0.254 e. The number of nitrogens with one attached hydrogen (secondary N) is 2. The number of hydrogen-bond acceptors (Lipinski definition) is 8. The molecule has 182 valence electrons. The molecule has 2 unspecified atom stereocenters. The number of hydrogen-bond donors (Lipinski definition) is 4. The number of anilines is 3. The minimum atomic E-state index is -3.23. The third-order valence-corrected chi connectivity index (χ3v) is 9.29. The van der Waals surface area contributed by atoms with Crippen LogP contribution in [0.1, 0.15) is 60.0 Å². The summed E-state index contributed by atoms with van der Waals surface area (Å²) in [6.45, 7) is 0.858. The highest BCUT2D eigenvalue weighted by atomic mass is 32.2. The van der Waals surface area contributed by atoms with Crippen molar-refractivity contribution in [1.82, 2.24) is 14.3 Å². The minimum absolute atomic E-state index is 0.0279. The molecule has 1 aliphatic heterocycles. The maximum atomic E-state index is 12.7. The number of aromatic nitrogens is 2. The molecule has 2 heterocycles. The van der Waals surface area contributed by atoms with Crippen molar-refractivity contribution in [1.29, 1.82) is 0 Å². The van der Waals surface area contributed by atoms with Gasteiger partial charge in [-0.2, -0.15) is 9.29 Å². The first kappa shape index (κ1) is 23.0. The van der Waals surface area contributed by atoms with Crippen LogP contribution in [0.5, 0.6) is 0 Å². The lowest BCUT2D eigenvalue weighted by Crippen LogP contribution is -2.43. The van der Waals surface area contributed by atoms with E-state index in [2.05, 4.69) is 20.6 Å². The number of sulfonamides is 1. The van der Waals surface area contributed by atoms with Crippen LogP contribution in [-0.2, 0) is 23.0 Å². The van der Waals surface area contributed by atoms with Crippen molar-refractivity contribution in [2.24, 2.45) is 11.5 Å². The molecule has 0 saturated heterocycles. The summed E-state index contributed by atoms with van der Waals surface area (Å²) in [5.41, 5.74) is 14.7. The second kappa shape index (κ2) is 9.12. The van der Waals surface area contributed by atoms with Gasteiger partial charge in [0.2, 0.25) is 16.0 Å². The van der Waals surface area contributed by atoms with Crippen molar-refractivity contribution >= 4 is 33.4 Å². The Labute approximate surface area is 199 Å². The molecular weight excluding hydrogens is 454 g/mol. The summed E-state index contributed by atoms with van der Waals surface area (Å²) >= 11 is 0. The van der Waals surface area contributed by atoms with Gasteiger partial charge in [-0.25, -0.2) is 13.4 Å². The number of benzene rings is 1.